The average molecular weight is 404 g/mol. The average Bonchev–Trinajstić information content (AvgIpc) is 3.37. The maximum atomic E-state index is 6.20. The van der Waals surface area contributed by atoms with Crippen molar-refractivity contribution in [3.05, 3.63) is 122 Å². The van der Waals surface area contributed by atoms with E-state index in [0.29, 0.717) is 0 Å². The van der Waals surface area contributed by atoms with E-state index < -0.39 is 0 Å². The Morgan fingerprint density at radius 3 is 2.23 bits per heavy atom. The highest BCUT2D eigenvalue weighted by molar-refractivity contribution is 5.75. The van der Waals surface area contributed by atoms with Gasteiger partial charge in [-0.05, 0) is 48.5 Å². The number of aromatic nitrogens is 3. The molecule has 0 bridgehead atoms. The lowest BCUT2D eigenvalue weighted by Crippen LogP contribution is -2.11. The predicted octanol–water partition coefficient (Wildman–Crippen LogP) is 6.53. The van der Waals surface area contributed by atoms with E-state index in [1.54, 1.807) is 18.7 Å². The normalized spacial score (nSPS) is 10.6. The van der Waals surface area contributed by atoms with Crippen molar-refractivity contribution in [1.29, 1.82) is 0 Å². The largest absolute Gasteiger partial charge is 0.457 e. The quantitative estimate of drug-likeness (QED) is 0.323. The van der Waals surface area contributed by atoms with Gasteiger partial charge in [-0.15, -0.1) is 0 Å². The molecule has 2 aromatic heterocycles. The molecular formula is C26H20N4O. The third kappa shape index (κ3) is 4.16. The van der Waals surface area contributed by atoms with E-state index in [1.807, 2.05) is 89.6 Å². The SMILES string of the molecule is c1ccc(N(c2cccc(Oc3cccc(-n4ccnc4)c3)c2)c2ccccn2)cc1. The van der Waals surface area contributed by atoms with E-state index in [4.69, 9.17) is 4.74 Å². The fourth-order valence-corrected chi connectivity index (χ4v) is 3.42. The van der Waals surface area contributed by atoms with Gasteiger partial charge in [-0.25, -0.2) is 9.97 Å². The summed E-state index contributed by atoms with van der Waals surface area (Å²) in [5.74, 6) is 2.34. The molecule has 5 nitrogen and oxygen atoms in total. The number of hydrogen-bond acceptors (Lipinski definition) is 4. The Morgan fingerprint density at radius 2 is 1.45 bits per heavy atom. The minimum Gasteiger partial charge on any atom is -0.457 e. The topological polar surface area (TPSA) is 43.2 Å². The van der Waals surface area contributed by atoms with E-state index in [9.17, 15) is 0 Å². The van der Waals surface area contributed by atoms with Crippen molar-refractivity contribution in [3.63, 3.8) is 0 Å². The third-order valence-corrected chi connectivity index (χ3v) is 4.82. The van der Waals surface area contributed by atoms with Crippen LogP contribution in [0, 0.1) is 0 Å². The molecule has 0 N–H and O–H groups in total. The summed E-state index contributed by atoms with van der Waals surface area (Å²) in [6.07, 6.45) is 7.23. The fraction of sp³-hybridized carbons (Fsp3) is 0. The number of para-hydroxylation sites is 1. The molecule has 0 atom stereocenters. The Morgan fingerprint density at radius 1 is 0.677 bits per heavy atom. The van der Waals surface area contributed by atoms with Crippen LogP contribution in [0.5, 0.6) is 11.5 Å². The summed E-state index contributed by atoms with van der Waals surface area (Å²) in [5, 5.41) is 0. The van der Waals surface area contributed by atoms with E-state index in [-0.39, 0.29) is 0 Å². The second kappa shape index (κ2) is 8.55. The number of pyridine rings is 1. The van der Waals surface area contributed by atoms with Gasteiger partial charge < -0.3 is 9.30 Å². The van der Waals surface area contributed by atoms with Crippen molar-refractivity contribution in [3.8, 4) is 17.2 Å². The van der Waals surface area contributed by atoms with Gasteiger partial charge in [-0.1, -0.05) is 36.4 Å². The smallest absolute Gasteiger partial charge is 0.137 e. The van der Waals surface area contributed by atoms with Gasteiger partial charge >= 0.3 is 0 Å². The van der Waals surface area contributed by atoms with Gasteiger partial charge in [-0.2, -0.15) is 0 Å². The van der Waals surface area contributed by atoms with E-state index in [1.165, 1.54) is 0 Å². The molecule has 5 heteroatoms. The molecule has 0 aliphatic rings. The minimum absolute atomic E-state index is 0.747. The molecule has 0 spiro atoms. The maximum absolute atomic E-state index is 6.20. The van der Waals surface area contributed by atoms with Crippen molar-refractivity contribution in [2.24, 2.45) is 0 Å². The minimum atomic E-state index is 0.747. The molecule has 3 aromatic carbocycles. The fourth-order valence-electron chi connectivity index (χ4n) is 3.42. The van der Waals surface area contributed by atoms with E-state index >= 15 is 0 Å². The van der Waals surface area contributed by atoms with Gasteiger partial charge in [0.15, 0.2) is 0 Å². The van der Waals surface area contributed by atoms with Crippen LogP contribution in [0.3, 0.4) is 0 Å². The van der Waals surface area contributed by atoms with Crippen LogP contribution in [-0.2, 0) is 0 Å². The Bertz CT molecular complexity index is 1220. The van der Waals surface area contributed by atoms with Crippen LogP contribution >= 0.6 is 0 Å². The van der Waals surface area contributed by atoms with Crippen molar-refractivity contribution in [2.75, 3.05) is 4.90 Å². The standard InChI is InChI=1S/C26H20N4O/c1-2-8-21(9-3-1)30(26-14-4-5-15-28-26)23-11-7-13-25(19-23)31-24-12-6-10-22(18-24)29-17-16-27-20-29/h1-20H. The van der Waals surface area contributed by atoms with Crippen molar-refractivity contribution in [2.45, 2.75) is 0 Å². The molecule has 0 fully saturated rings. The van der Waals surface area contributed by atoms with Gasteiger partial charge in [0.1, 0.15) is 17.3 Å². The lowest BCUT2D eigenvalue weighted by atomic mass is 10.2. The first-order valence-corrected chi connectivity index (χ1v) is 9.99. The molecule has 2 heterocycles. The van der Waals surface area contributed by atoms with Crippen molar-refractivity contribution >= 4 is 17.2 Å². The lowest BCUT2D eigenvalue weighted by molar-refractivity contribution is 0.482. The Balaban J connectivity index is 1.48. The summed E-state index contributed by atoms with van der Waals surface area (Å²) in [5.41, 5.74) is 2.99. The molecule has 0 amide bonds. The zero-order valence-electron chi connectivity index (χ0n) is 16.7. The lowest BCUT2D eigenvalue weighted by Gasteiger charge is -2.24. The van der Waals surface area contributed by atoms with Crippen molar-refractivity contribution in [1.82, 2.24) is 14.5 Å². The number of anilines is 3. The predicted molar refractivity (Wildman–Crippen MR) is 123 cm³/mol. The Hall–Kier alpha value is -4.38. The third-order valence-electron chi connectivity index (χ3n) is 4.82. The first kappa shape index (κ1) is 18.6. The molecule has 0 aliphatic carbocycles. The molecule has 0 saturated heterocycles. The first-order valence-electron chi connectivity index (χ1n) is 9.99. The summed E-state index contributed by atoms with van der Waals surface area (Å²) in [6, 6.07) is 32.0. The van der Waals surface area contributed by atoms with Crippen molar-refractivity contribution < 1.29 is 4.74 Å². The number of benzene rings is 3. The maximum Gasteiger partial charge on any atom is 0.137 e. The molecule has 31 heavy (non-hydrogen) atoms. The van der Waals surface area contributed by atoms with E-state index in [2.05, 4.69) is 33.1 Å². The van der Waals surface area contributed by atoms with Gasteiger partial charge in [0.2, 0.25) is 0 Å². The molecule has 5 rings (SSSR count). The van der Waals surface area contributed by atoms with Crippen LogP contribution in [0.4, 0.5) is 17.2 Å². The van der Waals surface area contributed by atoms with Crippen LogP contribution < -0.4 is 9.64 Å². The Labute approximate surface area is 180 Å². The summed E-state index contributed by atoms with van der Waals surface area (Å²) in [7, 11) is 0. The summed E-state index contributed by atoms with van der Waals surface area (Å²) in [4.78, 5) is 10.8. The van der Waals surface area contributed by atoms with Gasteiger partial charge in [-0.3, -0.25) is 4.90 Å². The van der Waals surface area contributed by atoms with Gasteiger partial charge in [0.25, 0.3) is 0 Å². The molecular weight excluding hydrogens is 384 g/mol. The molecule has 0 radical (unpaired) electrons. The number of rotatable bonds is 6. The first-order chi connectivity index (χ1) is 15.4. The highest BCUT2D eigenvalue weighted by Crippen LogP contribution is 2.35. The second-order valence-corrected chi connectivity index (χ2v) is 6.93. The highest BCUT2D eigenvalue weighted by atomic mass is 16.5. The zero-order valence-corrected chi connectivity index (χ0v) is 16.7. The van der Waals surface area contributed by atoms with Crippen LogP contribution in [0.1, 0.15) is 0 Å². The molecule has 0 aliphatic heterocycles. The number of imidazole rings is 1. The number of hydrogen-bond donors (Lipinski definition) is 0. The highest BCUT2D eigenvalue weighted by Gasteiger charge is 2.14. The number of ether oxygens (including phenoxy) is 1. The summed E-state index contributed by atoms with van der Waals surface area (Å²) in [6.45, 7) is 0. The van der Waals surface area contributed by atoms with Crippen LogP contribution in [0.2, 0.25) is 0 Å². The van der Waals surface area contributed by atoms with Gasteiger partial charge in [0, 0.05) is 36.4 Å². The summed E-state index contributed by atoms with van der Waals surface area (Å²) >= 11 is 0. The second-order valence-electron chi connectivity index (χ2n) is 6.93. The molecule has 0 saturated carbocycles. The van der Waals surface area contributed by atoms with Gasteiger partial charge in [0.05, 0.1) is 17.7 Å². The van der Waals surface area contributed by atoms with Crippen LogP contribution in [0.15, 0.2) is 122 Å². The van der Waals surface area contributed by atoms with Crippen LogP contribution in [0.25, 0.3) is 5.69 Å². The number of nitrogens with zero attached hydrogens (tertiary/aromatic N) is 4. The zero-order chi connectivity index (χ0) is 20.9. The molecule has 150 valence electrons. The molecule has 5 aromatic rings. The molecule has 0 unspecified atom stereocenters. The van der Waals surface area contributed by atoms with E-state index in [0.717, 1.165) is 34.4 Å². The summed E-state index contributed by atoms with van der Waals surface area (Å²) < 4.78 is 8.14. The monoisotopic (exact) mass is 404 g/mol. The Kier molecular flexibility index (Phi) is 5.14. The van der Waals surface area contributed by atoms with Crippen LogP contribution in [-0.4, -0.2) is 14.5 Å².